The lowest BCUT2D eigenvalue weighted by molar-refractivity contribution is 0.707. The normalized spacial score (nSPS) is 16.6. The number of thioether (sulfide) groups is 1. The first-order chi connectivity index (χ1) is 5.93. The highest BCUT2D eigenvalue weighted by Crippen LogP contribution is 2.52. The van der Waals surface area contributed by atoms with Crippen LogP contribution in [0, 0.1) is 0 Å². The molecule has 0 saturated heterocycles. The van der Waals surface area contributed by atoms with E-state index in [1.165, 1.54) is 35.7 Å². The second-order valence-electron chi connectivity index (χ2n) is 2.59. The first-order valence-corrected chi connectivity index (χ1v) is 8.79. The summed E-state index contributed by atoms with van der Waals surface area (Å²) in [6.45, 7) is 2.26. The highest BCUT2D eigenvalue weighted by atomic mass is 33.5. The zero-order valence-electron chi connectivity index (χ0n) is 7.25. The zero-order valence-corrected chi connectivity index (χ0v) is 10.5. The maximum Gasteiger partial charge on any atom is 0.0591 e. The van der Waals surface area contributed by atoms with Crippen LogP contribution in [0.2, 0.25) is 0 Å². The molecule has 0 amide bonds. The standard InChI is InChI=1S/C8H14S4/c1-2-3-4-5-6-9-8-7-10-12-11-8/h7H,2-6H2,1H3. The quantitative estimate of drug-likeness (QED) is 0.464. The molecule has 1 aliphatic heterocycles. The Morgan fingerprint density at radius 1 is 1.33 bits per heavy atom. The molecule has 1 rings (SSSR count). The Morgan fingerprint density at radius 3 is 2.92 bits per heavy atom. The van der Waals surface area contributed by atoms with E-state index >= 15 is 0 Å². The minimum atomic E-state index is 1.31. The molecule has 70 valence electrons. The smallest absolute Gasteiger partial charge is 0.0591 e. The third kappa shape index (κ3) is 5.00. The van der Waals surface area contributed by atoms with Gasteiger partial charge in [-0.15, -0.1) is 11.8 Å². The first kappa shape index (κ1) is 11.2. The Balaban J connectivity index is 1.88. The molecule has 0 spiro atoms. The molecule has 1 heterocycles. The highest BCUT2D eigenvalue weighted by molar-refractivity contribution is 9.12. The Bertz CT molecular complexity index is 144. The summed E-state index contributed by atoms with van der Waals surface area (Å²) in [5, 5.41) is 2.26. The van der Waals surface area contributed by atoms with Crippen molar-refractivity contribution in [3.63, 3.8) is 0 Å². The minimum absolute atomic E-state index is 1.31. The van der Waals surface area contributed by atoms with Gasteiger partial charge in [0.1, 0.15) is 0 Å². The van der Waals surface area contributed by atoms with Crippen molar-refractivity contribution in [1.29, 1.82) is 0 Å². The fourth-order valence-electron chi connectivity index (χ4n) is 0.891. The van der Waals surface area contributed by atoms with Gasteiger partial charge < -0.3 is 0 Å². The molecule has 0 fully saturated rings. The van der Waals surface area contributed by atoms with Crippen LogP contribution in [-0.2, 0) is 0 Å². The molecule has 0 aromatic rings. The predicted molar refractivity (Wildman–Crippen MR) is 67.5 cm³/mol. The molecule has 0 bridgehead atoms. The Morgan fingerprint density at radius 2 is 2.25 bits per heavy atom. The van der Waals surface area contributed by atoms with E-state index < -0.39 is 0 Å². The molecule has 0 radical (unpaired) electrons. The monoisotopic (exact) mass is 238 g/mol. The third-order valence-corrected chi connectivity index (χ3v) is 7.00. The van der Waals surface area contributed by atoms with E-state index in [0.29, 0.717) is 0 Å². The van der Waals surface area contributed by atoms with Crippen LogP contribution in [0.4, 0.5) is 0 Å². The Hall–Kier alpha value is 1.14. The average Bonchev–Trinajstić information content (AvgIpc) is 2.57. The van der Waals surface area contributed by atoms with Crippen molar-refractivity contribution in [2.24, 2.45) is 0 Å². The SMILES string of the molecule is CCCCCCSC1=CSSS1. The molecular weight excluding hydrogens is 224 g/mol. The van der Waals surface area contributed by atoms with E-state index in [4.69, 9.17) is 0 Å². The number of rotatable bonds is 6. The average molecular weight is 238 g/mol. The Kier molecular flexibility index (Phi) is 7.04. The maximum absolute atomic E-state index is 2.26. The number of unbranched alkanes of at least 4 members (excludes halogenated alkanes) is 3. The summed E-state index contributed by atoms with van der Waals surface area (Å²) in [5.74, 6) is 1.31. The topological polar surface area (TPSA) is 0 Å². The summed E-state index contributed by atoms with van der Waals surface area (Å²) in [7, 11) is 5.63. The van der Waals surface area contributed by atoms with Crippen LogP contribution in [-0.4, -0.2) is 5.75 Å². The third-order valence-electron chi connectivity index (χ3n) is 1.54. The van der Waals surface area contributed by atoms with Crippen molar-refractivity contribution in [1.82, 2.24) is 0 Å². The zero-order chi connectivity index (χ0) is 8.65. The molecule has 0 N–H and O–H groups in total. The highest BCUT2D eigenvalue weighted by Gasteiger charge is 2.06. The molecule has 0 unspecified atom stereocenters. The van der Waals surface area contributed by atoms with Crippen LogP contribution < -0.4 is 0 Å². The van der Waals surface area contributed by atoms with Gasteiger partial charge in [0, 0.05) is 5.41 Å². The van der Waals surface area contributed by atoms with Gasteiger partial charge in [0.15, 0.2) is 0 Å². The van der Waals surface area contributed by atoms with Crippen molar-refractivity contribution in [2.75, 3.05) is 5.75 Å². The molecule has 0 saturated carbocycles. The maximum atomic E-state index is 2.26. The van der Waals surface area contributed by atoms with Gasteiger partial charge >= 0.3 is 0 Å². The largest absolute Gasteiger partial charge is 0.118 e. The van der Waals surface area contributed by atoms with Gasteiger partial charge in [-0.25, -0.2) is 0 Å². The van der Waals surface area contributed by atoms with Crippen LogP contribution >= 0.6 is 43.2 Å². The lowest BCUT2D eigenvalue weighted by Crippen LogP contribution is -1.79. The van der Waals surface area contributed by atoms with E-state index in [1.807, 2.05) is 43.2 Å². The first-order valence-electron chi connectivity index (χ1n) is 4.26. The second kappa shape index (κ2) is 7.54. The Labute approximate surface area is 90.9 Å². The second-order valence-corrected chi connectivity index (χ2v) is 7.87. The van der Waals surface area contributed by atoms with Crippen LogP contribution in [0.3, 0.4) is 0 Å². The molecule has 4 heteroatoms. The summed E-state index contributed by atoms with van der Waals surface area (Å²) in [5.41, 5.74) is 0. The van der Waals surface area contributed by atoms with E-state index in [1.54, 1.807) is 0 Å². The molecule has 0 aliphatic carbocycles. The van der Waals surface area contributed by atoms with E-state index in [2.05, 4.69) is 12.3 Å². The lowest BCUT2D eigenvalue weighted by Gasteiger charge is -1.99. The van der Waals surface area contributed by atoms with Crippen LogP contribution in [0.5, 0.6) is 0 Å². The van der Waals surface area contributed by atoms with Gasteiger partial charge in [0.25, 0.3) is 0 Å². The summed E-state index contributed by atoms with van der Waals surface area (Å²) in [6.07, 6.45) is 5.53. The van der Waals surface area contributed by atoms with Crippen LogP contribution in [0.15, 0.2) is 9.65 Å². The molecular formula is C8H14S4. The fourth-order valence-corrected chi connectivity index (χ4v) is 6.76. The molecule has 0 nitrogen and oxygen atoms in total. The molecule has 0 aromatic heterocycles. The fraction of sp³-hybridized carbons (Fsp3) is 0.750. The van der Waals surface area contributed by atoms with E-state index in [0.717, 1.165) is 0 Å². The van der Waals surface area contributed by atoms with Gasteiger partial charge in [-0.1, -0.05) is 37.0 Å². The van der Waals surface area contributed by atoms with Gasteiger partial charge in [-0.2, -0.15) is 0 Å². The predicted octanol–water partition coefficient (Wildman–Crippen LogP) is 5.14. The van der Waals surface area contributed by atoms with Gasteiger partial charge in [-0.3, -0.25) is 0 Å². The van der Waals surface area contributed by atoms with Gasteiger partial charge in [-0.05, 0) is 32.8 Å². The van der Waals surface area contributed by atoms with Crippen molar-refractivity contribution >= 4 is 43.2 Å². The van der Waals surface area contributed by atoms with Crippen molar-refractivity contribution in [2.45, 2.75) is 32.6 Å². The van der Waals surface area contributed by atoms with Crippen molar-refractivity contribution in [3.8, 4) is 0 Å². The van der Waals surface area contributed by atoms with E-state index in [9.17, 15) is 0 Å². The van der Waals surface area contributed by atoms with Crippen LogP contribution in [0.1, 0.15) is 32.6 Å². The molecule has 0 aromatic carbocycles. The van der Waals surface area contributed by atoms with Crippen molar-refractivity contribution < 1.29 is 0 Å². The summed E-state index contributed by atoms with van der Waals surface area (Å²) < 4.78 is 1.50. The minimum Gasteiger partial charge on any atom is -0.118 e. The molecule has 1 aliphatic rings. The van der Waals surface area contributed by atoms with Gasteiger partial charge in [0.2, 0.25) is 0 Å². The number of hydrogen-bond acceptors (Lipinski definition) is 4. The molecule has 12 heavy (non-hydrogen) atoms. The van der Waals surface area contributed by atoms with E-state index in [-0.39, 0.29) is 0 Å². The molecule has 0 atom stereocenters. The lowest BCUT2D eigenvalue weighted by atomic mass is 10.2. The summed E-state index contributed by atoms with van der Waals surface area (Å²) in [4.78, 5) is 0. The van der Waals surface area contributed by atoms with Gasteiger partial charge in [0.05, 0.1) is 4.24 Å². The summed E-state index contributed by atoms with van der Waals surface area (Å²) in [6, 6.07) is 0. The summed E-state index contributed by atoms with van der Waals surface area (Å²) >= 11 is 2.02. The number of hydrogen-bond donors (Lipinski definition) is 0. The van der Waals surface area contributed by atoms with Crippen LogP contribution in [0.25, 0.3) is 0 Å². The van der Waals surface area contributed by atoms with Crippen molar-refractivity contribution in [3.05, 3.63) is 9.65 Å².